The third kappa shape index (κ3) is 0.798. The Hall–Kier alpha value is -0.0800. The van der Waals surface area contributed by atoms with Crippen molar-refractivity contribution in [3.63, 3.8) is 0 Å². The summed E-state index contributed by atoms with van der Waals surface area (Å²) in [5.74, 6) is 3.00. The lowest BCUT2D eigenvalue weighted by Gasteiger charge is -2.45. The summed E-state index contributed by atoms with van der Waals surface area (Å²) in [5, 5.41) is 7.18. The normalized spacial score (nSPS) is 54.5. The van der Waals surface area contributed by atoms with E-state index in [2.05, 4.69) is 10.6 Å². The van der Waals surface area contributed by atoms with E-state index >= 15 is 0 Å². The molecule has 4 atom stereocenters. The van der Waals surface area contributed by atoms with Crippen molar-refractivity contribution in [1.82, 2.24) is 10.6 Å². The lowest BCUT2D eigenvalue weighted by Crippen LogP contribution is -2.54. The van der Waals surface area contributed by atoms with Crippen LogP contribution in [0.15, 0.2) is 0 Å². The van der Waals surface area contributed by atoms with E-state index in [1.807, 2.05) is 0 Å². The molecule has 0 amide bonds. The van der Waals surface area contributed by atoms with Crippen LogP contribution in [-0.4, -0.2) is 25.7 Å². The van der Waals surface area contributed by atoms with Crippen LogP contribution >= 0.6 is 0 Å². The van der Waals surface area contributed by atoms with E-state index in [-0.39, 0.29) is 0 Å². The molecule has 2 heteroatoms. The average Bonchev–Trinajstić information content (AvgIpc) is 2.55. The van der Waals surface area contributed by atoms with Crippen LogP contribution in [0.1, 0.15) is 12.8 Å². The minimum atomic E-state index is 0.861. The fourth-order valence-corrected chi connectivity index (χ4v) is 3.31. The van der Waals surface area contributed by atoms with Crippen molar-refractivity contribution in [3.05, 3.63) is 0 Å². The van der Waals surface area contributed by atoms with Gasteiger partial charge in [-0.2, -0.15) is 0 Å². The maximum absolute atomic E-state index is 3.65. The third-order valence-electron chi connectivity index (χ3n) is 3.92. The molecule has 3 saturated heterocycles. The summed E-state index contributed by atoms with van der Waals surface area (Å²) in [4.78, 5) is 0. The van der Waals surface area contributed by atoms with Gasteiger partial charge in [0.15, 0.2) is 0 Å². The monoisotopic (exact) mass is 152 g/mol. The van der Waals surface area contributed by atoms with Crippen LogP contribution < -0.4 is 10.6 Å². The predicted octanol–water partition coefficient (Wildman–Crippen LogP) is 0.204. The second kappa shape index (κ2) is 2.20. The molecular formula is C9H16N2. The second-order valence-electron chi connectivity index (χ2n) is 4.34. The van der Waals surface area contributed by atoms with E-state index in [0.29, 0.717) is 0 Å². The van der Waals surface area contributed by atoms with E-state index in [9.17, 15) is 0 Å². The lowest BCUT2D eigenvalue weighted by molar-refractivity contribution is 0.0927. The largest absolute Gasteiger partial charge is 0.316 e. The molecule has 4 fully saturated rings. The van der Waals surface area contributed by atoms with Gasteiger partial charge in [-0.1, -0.05) is 0 Å². The summed E-state index contributed by atoms with van der Waals surface area (Å²) in [6.07, 6.45) is 2.92. The van der Waals surface area contributed by atoms with Crippen molar-refractivity contribution in [2.75, 3.05) is 19.6 Å². The van der Waals surface area contributed by atoms with Gasteiger partial charge in [0.1, 0.15) is 0 Å². The Labute approximate surface area is 67.7 Å². The summed E-state index contributed by atoms with van der Waals surface area (Å²) in [7, 11) is 0. The molecule has 0 aromatic rings. The third-order valence-corrected chi connectivity index (χ3v) is 3.92. The van der Waals surface area contributed by atoms with Crippen LogP contribution in [0.4, 0.5) is 0 Å². The fraction of sp³-hybridized carbons (Fsp3) is 1.00. The van der Waals surface area contributed by atoms with E-state index < -0.39 is 0 Å². The molecule has 11 heavy (non-hydrogen) atoms. The van der Waals surface area contributed by atoms with Gasteiger partial charge >= 0.3 is 0 Å². The molecule has 4 unspecified atom stereocenters. The molecule has 3 aliphatic heterocycles. The summed E-state index contributed by atoms with van der Waals surface area (Å²) >= 11 is 0. The molecule has 2 N–H and O–H groups in total. The first kappa shape index (κ1) is 6.44. The Balaban J connectivity index is 1.89. The summed E-state index contributed by atoms with van der Waals surface area (Å²) < 4.78 is 0. The van der Waals surface area contributed by atoms with Gasteiger partial charge in [-0.25, -0.2) is 0 Å². The predicted molar refractivity (Wildman–Crippen MR) is 44.4 cm³/mol. The van der Waals surface area contributed by atoms with Gasteiger partial charge in [-0.3, -0.25) is 0 Å². The molecule has 2 nitrogen and oxygen atoms in total. The molecule has 3 heterocycles. The first-order valence-electron chi connectivity index (χ1n) is 4.89. The molecule has 0 radical (unpaired) electrons. The fourth-order valence-electron chi connectivity index (χ4n) is 3.31. The molecule has 0 aromatic carbocycles. The van der Waals surface area contributed by atoms with Crippen molar-refractivity contribution < 1.29 is 0 Å². The van der Waals surface area contributed by atoms with Gasteiger partial charge in [-0.05, 0) is 50.2 Å². The minimum Gasteiger partial charge on any atom is -0.316 e. The lowest BCUT2D eigenvalue weighted by atomic mass is 9.68. The van der Waals surface area contributed by atoms with E-state index in [4.69, 9.17) is 0 Å². The van der Waals surface area contributed by atoms with Gasteiger partial charge in [-0.15, -0.1) is 0 Å². The highest BCUT2D eigenvalue weighted by atomic mass is 15.0. The summed E-state index contributed by atoms with van der Waals surface area (Å²) in [5.41, 5.74) is 0. The highest BCUT2D eigenvalue weighted by Gasteiger charge is 2.45. The molecule has 1 aliphatic carbocycles. The van der Waals surface area contributed by atoms with Crippen molar-refractivity contribution >= 4 is 0 Å². The van der Waals surface area contributed by atoms with Crippen LogP contribution in [0, 0.1) is 17.8 Å². The Morgan fingerprint density at radius 1 is 0.909 bits per heavy atom. The summed E-state index contributed by atoms with van der Waals surface area (Å²) in [6.45, 7) is 3.87. The molecule has 4 aliphatic rings. The topological polar surface area (TPSA) is 24.1 Å². The van der Waals surface area contributed by atoms with Crippen LogP contribution in [0.5, 0.6) is 0 Å². The highest BCUT2D eigenvalue weighted by molar-refractivity contribution is 5.01. The Morgan fingerprint density at radius 3 is 2.55 bits per heavy atom. The van der Waals surface area contributed by atoms with E-state index in [0.717, 1.165) is 23.8 Å². The number of hydrogen-bond acceptors (Lipinski definition) is 2. The molecule has 4 rings (SSSR count). The zero-order chi connectivity index (χ0) is 7.26. The van der Waals surface area contributed by atoms with Crippen LogP contribution in [0.2, 0.25) is 0 Å². The van der Waals surface area contributed by atoms with E-state index in [1.165, 1.54) is 32.5 Å². The maximum atomic E-state index is 3.65. The molecule has 62 valence electrons. The minimum absolute atomic E-state index is 0.861. The quantitative estimate of drug-likeness (QED) is 0.518. The van der Waals surface area contributed by atoms with Crippen molar-refractivity contribution in [2.45, 2.75) is 18.9 Å². The van der Waals surface area contributed by atoms with Crippen molar-refractivity contribution in [2.24, 2.45) is 17.8 Å². The van der Waals surface area contributed by atoms with Gasteiger partial charge < -0.3 is 10.6 Å². The van der Waals surface area contributed by atoms with Crippen molar-refractivity contribution in [3.8, 4) is 0 Å². The standard InChI is InChI=1S/C9H16N2/c1-2-9-8-5-10-4-7(8)6(1)3-11-9/h6-11H,1-5H2. The maximum Gasteiger partial charge on any atom is 0.0111 e. The van der Waals surface area contributed by atoms with Gasteiger partial charge in [0.25, 0.3) is 0 Å². The molecule has 0 aromatic heterocycles. The van der Waals surface area contributed by atoms with E-state index in [1.54, 1.807) is 0 Å². The SMILES string of the molecule is C1CC2NCC1C1CNCC21. The zero-order valence-electron chi connectivity index (χ0n) is 6.84. The number of fused-ring (bicyclic) bond motifs is 2. The molecule has 1 saturated carbocycles. The first-order valence-corrected chi connectivity index (χ1v) is 4.89. The second-order valence-corrected chi connectivity index (χ2v) is 4.34. The Kier molecular flexibility index (Phi) is 1.29. The van der Waals surface area contributed by atoms with Crippen LogP contribution in [0.3, 0.4) is 0 Å². The van der Waals surface area contributed by atoms with Crippen molar-refractivity contribution in [1.29, 1.82) is 0 Å². The molecular weight excluding hydrogens is 136 g/mol. The van der Waals surface area contributed by atoms with Gasteiger partial charge in [0.2, 0.25) is 0 Å². The average molecular weight is 152 g/mol. The number of rotatable bonds is 0. The smallest absolute Gasteiger partial charge is 0.0111 e. The Morgan fingerprint density at radius 2 is 1.82 bits per heavy atom. The van der Waals surface area contributed by atoms with Crippen LogP contribution in [-0.2, 0) is 0 Å². The summed E-state index contributed by atoms with van der Waals surface area (Å²) in [6, 6.07) is 0.861. The first-order chi connectivity index (χ1) is 5.45. The zero-order valence-corrected chi connectivity index (χ0v) is 6.84. The molecule has 2 bridgehead atoms. The van der Waals surface area contributed by atoms with Crippen LogP contribution in [0.25, 0.3) is 0 Å². The Bertz CT molecular complexity index is 143. The van der Waals surface area contributed by atoms with Gasteiger partial charge in [0, 0.05) is 6.04 Å². The number of piperidine rings is 2. The number of hydrogen-bond donors (Lipinski definition) is 2. The highest BCUT2D eigenvalue weighted by Crippen LogP contribution is 2.40. The number of nitrogens with one attached hydrogen (secondary N) is 2. The van der Waals surface area contributed by atoms with Gasteiger partial charge in [0.05, 0.1) is 0 Å². The molecule has 0 spiro atoms.